The van der Waals surface area contributed by atoms with Crippen LogP contribution in [-0.4, -0.2) is 31.2 Å². The zero-order chi connectivity index (χ0) is 9.78. The Labute approximate surface area is 85.6 Å². The molecule has 0 aliphatic rings. The lowest BCUT2D eigenvalue weighted by atomic mass is 10.2. The summed E-state index contributed by atoms with van der Waals surface area (Å²) in [6.45, 7) is 5.74. The molecule has 3 N–H and O–H groups in total. The molecule has 0 aromatic carbocycles. The number of hydrogen-bond donors (Lipinski definition) is 2. The van der Waals surface area contributed by atoms with Crippen molar-refractivity contribution in [2.45, 2.75) is 32.4 Å². The van der Waals surface area contributed by atoms with Crippen LogP contribution in [0.5, 0.6) is 0 Å². The number of esters is 1. The minimum atomic E-state index is -0.443. The van der Waals surface area contributed by atoms with Crippen LogP contribution in [-0.2, 0) is 9.53 Å². The first kappa shape index (κ1) is 15.2. The number of ether oxygens (including phenoxy) is 1. The van der Waals surface area contributed by atoms with E-state index in [2.05, 4.69) is 5.32 Å². The number of likely N-dealkylation sites (N-methyl/N-ethyl adjacent to an activating group) is 1. The van der Waals surface area contributed by atoms with E-state index in [9.17, 15) is 4.79 Å². The molecule has 0 aliphatic carbocycles. The molecule has 5 heteroatoms. The molecule has 4 nitrogen and oxygen atoms in total. The van der Waals surface area contributed by atoms with Gasteiger partial charge in [0.05, 0.1) is 0 Å². The lowest BCUT2D eigenvalue weighted by molar-refractivity contribution is -0.157. The molecule has 13 heavy (non-hydrogen) atoms. The van der Waals surface area contributed by atoms with Crippen molar-refractivity contribution in [2.24, 2.45) is 5.73 Å². The van der Waals surface area contributed by atoms with Crippen molar-refractivity contribution >= 4 is 18.4 Å². The van der Waals surface area contributed by atoms with E-state index < -0.39 is 11.6 Å². The maximum atomic E-state index is 11.3. The maximum Gasteiger partial charge on any atom is 0.324 e. The van der Waals surface area contributed by atoms with Crippen LogP contribution in [0.3, 0.4) is 0 Å². The van der Waals surface area contributed by atoms with Gasteiger partial charge in [-0.25, -0.2) is 0 Å². The number of nitrogens with two attached hydrogens (primary N) is 1. The Balaban J connectivity index is 0. The molecule has 0 saturated heterocycles. The van der Waals surface area contributed by atoms with Gasteiger partial charge < -0.3 is 15.8 Å². The van der Waals surface area contributed by atoms with Crippen molar-refractivity contribution in [2.75, 3.05) is 13.6 Å². The zero-order valence-corrected chi connectivity index (χ0v) is 9.40. The van der Waals surface area contributed by atoms with Gasteiger partial charge in [0.2, 0.25) is 0 Å². The first-order valence-electron chi connectivity index (χ1n) is 4.01. The lowest BCUT2D eigenvalue weighted by Gasteiger charge is -2.22. The van der Waals surface area contributed by atoms with E-state index in [4.69, 9.17) is 10.5 Å². The Morgan fingerprint density at radius 3 is 2.23 bits per heavy atom. The normalized spacial score (nSPS) is 13.0. The van der Waals surface area contributed by atoms with Crippen LogP contribution < -0.4 is 11.1 Å². The summed E-state index contributed by atoms with van der Waals surface area (Å²) in [5.41, 5.74) is 4.90. The van der Waals surface area contributed by atoms with Crippen LogP contribution in [0.4, 0.5) is 0 Å². The molecule has 0 saturated carbocycles. The average molecular weight is 211 g/mol. The molecule has 1 atom stereocenters. The fraction of sp³-hybridized carbons (Fsp3) is 0.875. The number of carbonyl (C=O) groups is 1. The summed E-state index contributed by atoms with van der Waals surface area (Å²) < 4.78 is 5.10. The second-order valence-corrected chi connectivity index (χ2v) is 3.61. The lowest BCUT2D eigenvalue weighted by Crippen LogP contribution is -2.44. The molecule has 80 valence electrons. The van der Waals surface area contributed by atoms with Crippen molar-refractivity contribution in [3.63, 3.8) is 0 Å². The summed E-state index contributed by atoms with van der Waals surface area (Å²) in [4.78, 5) is 11.3. The first-order valence-corrected chi connectivity index (χ1v) is 4.01. The standard InChI is InChI=1S/C8H18N2O2.ClH/c1-8(2,3)12-7(11)6(5-9)10-4;/h6,10H,5,9H2,1-4H3;1H. The highest BCUT2D eigenvalue weighted by Gasteiger charge is 2.22. The Bertz CT molecular complexity index is 153. The topological polar surface area (TPSA) is 64.3 Å². The minimum absolute atomic E-state index is 0. The third-order valence-electron chi connectivity index (χ3n) is 1.28. The second-order valence-electron chi connectivity index (χ2n) is 3.61. The SMILES string of the molecule is CNC(CN)C(=O)OC(C)(C)C.Cl. The van der Waals surface area contributed by atoms with E-state index in [0.717, 1.165) is 0 Å². The fourth-order valence-electron chi connectivity index (χ4n) is 0.705. The highest BCUT2D eigenvalue weighted by Crippen LogP contribution is 2.07. The molecule has 0 bridgehead atoms. The quantitative estimate of drug-likeness (QED) is 0.658. The summed E-state index contributed by atoms with van der Waals surface area (Å²) >= 11 is 0. The summed E-state index contributed by atoms with van der Waals surface area (Å²) in [5.74, 6) is -0.299. The van der Waals surface area contributed by atoms with E-state index in [0.29, 0.717) is 0 Å². The molecule has 0 rings (SSSR count). The molecule has 1 unspecified atom stereocenters. The number of halogens is 1. The van der Waals surface area contributed by atoms with Gasteiger partial charge in [-0.2, -0.15) is 0 Å². The second kappa shape index (κ2) is 6.18. The molecule has 0 aromatic rings. The zero-order valence-electron chi connectivity index (χ0n) is 8.59. The molecule has 0 spiro atoms. The van der Waals surface area contributed by atoms with E-state index >= 15 is 0 Å². The van der Waals surface area contributed by atoms with Crippen LogP contribution >= 0.6 is 12.4 Å². The van der Waals surface area contributed by atoms with Gasteiger partial charge in [0.1, 0.15) is 11.6 Å². The van der Waals surface area contributed by atoms with Crippen LogP contribution in [0.2, 0.25) is 0 Å². The smallest absolute Gasteiger partial charge is 0.324 e. The predicted molar refractivity (Wildman–Crippen MR) is 55.0 cm³/mol. The van der Waals surface area contributed by atoms with Gasteiger partial charge in [0.25, 0.3) is 0 Å². The third-order valence-corrected chi connectivity index (χ3v) is 1.28. The van der Waals surface area contributed by atoms with E-state index in [1.54, 1.807) is 7.05 Å². The summed E-state index contributed by atoms with van der Waals surface area (Å²) in [7, 11) is 1.68. The summed E-state index contributed by atoms with van der Waals surface area (Å²) in [6.07, 6.45) is 0. The van der Waals surface area contributed by atoms with E-state index in [-0.39, 0.29) is 24.9 Å². The molecule has 0 aliphatic heterocycles. The highest BCUT2D eigenvalue weighted by atomic mass is 35.5. The van der Waals surface area contributed by atoms with Gasteiger partial charge in [-0.3, -0.25) is 4.79 Å². The van der Waals surface area contributed by atoms with Gasteiger partial charge in [-0.05, 0) is 27.8 Å². The molecule has 0 heterocycles. The Morgan fingerprint density at radius 2 is 2.00 bits per heavy atom. The Kier molecular flexibility index (Phi) is 7.21. The number of hydrogen-bond acceptors (Lipinski definition) is 4. The van der Waals surface area contributed by atoms with Crippen molar-refractivity contribution < 1.29 is 9.53 Å². The van der Waals surface area contributed by atoms with Crippen LogP contribution in [0.15, 0.2) is 0 Å². The molecular weight excluding hydrogens is 192 g/mol. The van der Waals surface area contributed by atoms with Crippen molar-refractivity contribution in [1.82, 2.24) is 5.32 Å². The van der Waals surface area contributed by atoms with Gasteiger partial charge in [-0.15, -0.1) is 12.4 Å². The van der Waals surface area contributed by atoms with Gasteiger partial charge in [0.15, 0.2) is 0 Å². The van der Waals surface area contributed by atoms with Crippen molar-refractivity contribution in [3.8, 4) is 0 Å². The van der Waals surface area contributed by atoms with Crippen LogP contribution in [0.25, 0.3) is 0 Å². The summed E-state index contributed by atoms with van der Waals surface area (Å²) in [6, 6.07) is -0.399. The highest BCUT2D eigenvalue weighted by molar-refractivity contribution is 5.85. The van der Waals surface area contributed by atoms with E-state index in [1.165, 1.54) is 0 Å². The number of carbonyl (C=O) groups excluding carboxylic acids is 1. The summed E-state index contributed by atoms with van der Waals surface area (Å²) in [5, 5.41) is 2.77. The monoisotopic (exact) mass is 210 g/mol. The molecule has 0 aromatic heterocycles. The number of rotatable bonds is 3. The van der Waals surface area contributed by atoms with Gasteiger partial charge in [-0.1, -0.05) is 0 Å². The maximum absolute atomic E-state index is 11.3. The minimum Gasteiger partial charge on any atom is -0.459 e. The first-order chi connectivity index (χ1) is 5.40. The Hall–Kier alpha value is -0.320. The fourth-order valence-corrected chi connectivity index (χ4v) is 0.705. The van der Waals surface area contributed by atoms with Crippen LogP contribution in [0, 0.1) is 0 Å². The molecule has 0 amide bonds. The van der Waals surface area contributed by atoms with Gasteiger partial charge in [0, 0.05) is 6.54 Å². The largest absolute Gasteiger partial charge is 0.459 e. The average Bonchev–Trinajstić information content (AvgIpc) is 1.85. The molecule has 0 radical (unpaired) electrons. The van der Waals surface area contributed by atoms with Crippen molar-refractivity contribution in [3.05, 3.63) is 0 Å². The van der Waals surface area contributed by atoms with Crippen molar-refractivity contribution in [1.29, 1.82) is 0 Å². The predicted octanol–water partition coefficient (Wildman–Crippen LogP) is 0.297. The van der Waals surface area contributed by atoms with Crippen LogP contribution in [0.1, 0.15) is 20.8 Å². The third kappa shape index (κ3) is 6.81. The van der Waals surface area contributed by atoms with E-state index in [1.807, 2.05) is 20.8 Å². The number of nitrogens with one attached hydrogen (secondary N) is 1. The molecular formula is C8H19ClN2O2. The Morgan fingerprint density at radius 1 is 1.54 bits per heavy atom. The molecule has 0 fully saturated rings. The van der Waals surface area contributed by atoms with Gasteiger partial charge >= 0.3 is 5.97 Å².